The Kier molecular flexibility index (Phi) is 3.69. The summed E-state index contributed by atoms with van der Waals surface area (Å²) in [5.74, 6) is 0. The van der Waals surface area contributed by atoms with E-state index in [9.17, 15) is 8.42 Å². The summed E-state index contributed by atoms with van der Waals surface area (Å²) >= 11 is 5.97. The number of rotatable bonds is 4. The fourth-order valence-electron chi connectivity index (χ4n) is 2.07. The smallest absolute Gasteiger partial charge is 0.242 e. The SMILES string of the molecule is CC1(NS(=O)(=O)c2cc(CN)ccc2Cl)CCC1. The van der Waals surface area contributed by atoms with Crippen molar-refractivity contribution >= 4 is 21.6 Å². The molecule has 1 aromatic carbocycles. The molecule has 0 amide bonds. The molecule has 1 aliphatic rings. The molecule has 0 atom stereocenters. The Morgan fingerprint density at radius 2 is 2.11 bits per heavy atom. The first kappa shape index (κ1) is 13.8. The highest BCUT2D eigenvalue weighted by atomic mass is 35.5. The number of benzene rings is 1. The lowest BCUT2D eigenvalue weighted by molar-refractivity contribution is 0.248. The summed E-state index contributed by atoms with van der Waals surface area (Å²) in [6.45, 7) is 2.20. The first-order chi connectivity index (χ1) is 8.36. The summed E-state index contributed by atoms with van der Waals surface area (Å²) in [4.78, 5) is 0.111. The molecule has 0 aromatic heterocycles. The zero-order valence-electron chi connectivity index (χ0n) is 10.2. The molecule has 3 N–H and O–H groups in total. The predicted octanol–water partition coefficient (Wildman–Crippen LogP) is 2.02. The summed E-state index contributed by atoms with van der Waals surface area (Å²) in [6, 6.07) is 4.83. The van der Waals surface area contributed by atoms with Gasteiger partial charge in [0.2, 0.25) is 10.0 Å². The van der Waals surface area contributed by atoms with Crippen LogP contribution in [-0.4, -0.2) is 14.0 Å². The Bertz CT molecular complexity index is 553. The molecule has 0 saturated heterocycles. The minimum atomic E-state index is -3.58. The summed E-state index contributed by atoms with van der Waals surface area (Å²) < 4.78 is 27.3. The number of sulfonamides is 1. The van der Waals surface area contributed by atoms with Gasteiger partial charge >= 0.3 is 0 Å². The summed E-state index contributed by atoms with van der Waals surface area (Å²) in [7, 11) is -3.58. The quantitative estimate of drug-likeness (QED) is 0.890. The van der Waals surface area contributed by atoms with Crippen LogP contribution in [0.1, 0.15) is 31.7 Å². The van der Waals surface area contributed by atoms with E-state index in [2.05, 4.69) is 4.72 Å². The van der Waals surface area contributed by atoms with E-state index in [4.69, 9.17) is 17.3 Å². The lowest BCUT2D eigenvalue weighted by Gasteiger charge is -2.38. The third kappa shape index (κ3) is 2.69. The first-order valence-electron chi connectivity index (χ1n) is 5.89. The van der Waals surface area contributed by atoms with Gasteiger partial charge in [-0.15, -0.1) is 0 Å². The highest BCUT2D eigenvalue weighted by Crippen LogP contribution is 2.33. The Morgan fingerprint density at radius 1 is 1.44 bits per heavy atom. The van der Waals surface area contributed by atoms with Crippen molar-refractivity contribution in [2.45, 2.75) is 43.2 Å². The molecule has 1 saturated carbocycles. The van der Waals surface area contributed by atoms with Crippen LogP contribution < -0.4 is 10.5 Å². The van der Waals surface area contributed by atoms with Crippen molar-refractivity contribution in [3.8, 4) is 0 Å². The highest BCUT2D eigenvalue weighted by molar-refractivity contribution is 7.89. The average Bonchev–Trinajstić information content (AvgIpc) is 2.27. The lowest BCUT2D eigenvalue weighted by Crippen LogP contribution is -2.50. The minimum absolute atomic E-state index is 0.111. The van der Waals surface area contributed by atoms with Crippen molar-refractivity contribution in [2.24, 2.45) is 5.73 Å². The second kappa shape index (κ2) is 4.81. The number of nitrogens with one attached hydrogen (secondary N) is 1. The van der Waals surface area contributed by atoms with Gasteiger partial charge in [-0.05, 0) is 43.9 Å². The van der Waals surface area contributed by atoms with E-state index in [0.29, 0.717) is 0 Å². The van der Waals surface area contributed by atoms with E-state index in [1.54, 1.807) is 12.1 Å². The molecule has 1 fully saturated rings. The van der Waals surface area contributed by atoms with Gasteiger partial charge < -0.3 is 5.73 Å². The highest BCUT2D eigenvalue weighted by Gasteiger charge is 2.36. The van der Waals surface area contributed by atoms with Gasteiger partial charge in [0.25, 0.3) is 0 Å². The first-order valence-corrected chi connectivity index (χ1v) is 7.75. The molecular weight excluding hydrogens is 272 g/mol. The van der Waals surface area contributed by atoms with Crippen LogP contribution in [-0.2, 0) is 16.6 Å². The molecular formula is C12H17ClN2O2S. The van der Waals surface area contributed by atoms with Gasteiger partial charge in [-0.1, -0.05) is 17.7 Å². The van der Waals surface area contributed by atoms with Crippen LogP contribution in [0.4, 0.5) is 0 Å². The van der Waals surface area contributed by atoms with Gasteiger partial charge in [0.1, 0.15) is 4.90 Å². The number of nitrogens with two attached hydrogens (primary N) is 1. The fourth-order valence-corrected chi connectivity index (χ4v) is 4.09. The second-order valence-corrected chi connectivity index (χ2v) is 7.05. The normalized spacial score (nSPS) is 18.4. The minimum Gasteiger partial charge on any atom is -0.326 e. The van der Waals surface area contributed by atoms with E-state index in [1.807, 2.05) is 6.92 Å². The van der Waals surface area contributed by atoms with E-state index in [-0.39, 0.29) is 22.0 Å². The number of halogens is 1. The molecule has 0 radical (unpaired) electrons. The third-order valence-corrected chi connectivity index (χ3v) is 5.48. The Morgan fingerprint density at radius 3 is 2.61 bits per heavy atom. The second-order valence-electron chi connectivity index (χ2n) is 4.99. The van der Waals surface area contributed by atoms with Gasteiger partial charge in [-0.2, -0.15) is 0 Å². The third-order valence-electron chi connectivity index (χ3n) is 3.36. The van der Waals surface area contributed by atoms with E-state index in [0.717, 1.165) is 24.8 Å². The molecule has 2 rings (SSSR count). The van der Waals surface area contributed by atoms with Crippen LogP contribution in [0.3, 0.4) is 0 Å². The van der Waals surface area contributed by atoms with Gasteiger partial charge in [0.05, 0.1) is 5.02 Å². The largest absolute Gasteiger partial charge is 0.326 e. The predicted molar refractivity (Wildman–Crippen MR) is 71.9 cm³/mol. The summed E-state index contributed by atoms with van der Waals surface area (Å²) in [5.41, 5.74) is 5.93. The van der Waals surface area contributed by atoms with E-state index in [1.165, 1.54) is 6.07 Å². The van der Waals surface area contributed by atoms with Gasteiger partial charge in [0, 0.05) is 12.1 Å². The molecule has 18 heavy (non-hydrogen) atoms. The molecule has 0 spiro atoms. The van der Waals surface area contributed by atoms with Crippen molar-refractivity contribution in [1.29, 1.82) is 0 Å². The van der Waals surface area contributed by atoms with Gasteiger partial charge in [0.15, 0.2) is 0 Å². The molecule has 0 heterocycles. The van der Waals surface area contributed by atoms with Crippen molar-refractivity contribution in [2.75, 3.05) is 0 Å². The maximum absolute atomic E-state index is 12.3. The monoisotopic (exact) mass is 288 g/mol. The van der Waals surface area contributed by atoms with Crippen LogP contribution in [0.5, 0.6) is 0 Å². The van der Waals surface area contributed by atoms with Crippen molar-refractivity contribution < 1.29 is 8.42 Å². The van der Waals surface area contributed by atoms with Crippen molar-refractivity contribution in [3.63, 3.8) is 0 Å². The van der Waals surface area contributed by atoms with Crippen LogP contribution in [0, 0.1) is 0 Å². The fraction of sp³-hybridized carbons (Fsp3) is 0.500. The standard InChI is InChI=1S/C12H17ClN2O2S/c1-12(5-2-6-12)15-18(16,17)11-7-9(8-14)3-4-10(11)13/h3-4,7,15H,2,5-6,8,14H2,1H3. The summed E-state index contributed by atoms with van der Waals surface area (Å²) in [5, 5.41) is 0.225. The molecule has 0 aliphatic heterocycles. The van der Waals surface area contributed by atoms with Crippen LogP contribution >= 0.6 is 11.6 Å². The zero-order chi connectivity index (χ0) is 13.4. The van der Waals surface area contributed by atoms with E-state index < -0.39 is 10.0 Å². The van der Waals surface area contributed by atoms with Crippen molar-refractivity contribution in [3.05, 3.63) is 28.8 Å². The van der Waals surface area contributed by atoms with Crippen LogP contribution in [0.15, 0.2) is 23.1 Å². The lowest BCUT2D eigenvalue weighted by atomic mass is 9.80. The zero-order valence-corrected chi connectivity index (χ0v) is 11.8. The molecule has 4 nitrogen and oxygen atoms in total. The van der Waals surface area contributed by atoms with Gasteiger partial charge in [-0.25, -0.2) is 13.1 Å². The Balaban J connectivity index is 2.34. The number of hydrogen-bond donors (Lipinski definition) is 2. The van der Waals surface area contributed by atoms with Crippen LogP contribution in [0.25, 0.3) is 0 Å². The molecule has 0 unspecified atom stereocenters. The van der Waals surface area contributed by atoms with Crippen LogP contribution in [0.2, 0.25) is 5.02 Å². The molecule has 1 aliphatic carbocycles. The topological polar surface area (TPSA) is 72.2 Å². The molecule has 100 valence electrons. The summed E-state index contributed by atoms with van der Waals surface area (Å²) in [6.07, 6.45) is 2.77. The van der Waals surface area contributed by atoms with Gasteiger partial charge in [-0.3, -0.25) is 0 Å². The molecule has 0 bridgehead atoms. The molecule has 6 heteroatoms. The number of hydrogen-bond acceptors (Lipinski definition) is 3. The maximum Gasteiger partial charge on any atom is 0.242 e. The van der Waals surface area contributed by atoms with E-state index >= 15 is 0 Å². The Labute approximate surface area is 113 Å². The average molecular weight is 289 g/mol. The maximum atomic E-state index is 12.3. The molecule has 1 aromatic rings. The Hall–Kier alpha value is -0.620. The van der Waals surface area contributed by atoms with Crippen molar-refractivity contribution in [1.82, 2.24) is 4.72 Å².